The van der Waals surface area contributed by atoms with Crippen LogP contribution in [0.25, 0.3) is 21.7 Å². The second kappa shape index (κ2) is 9.91. The van der Waals surface area contributed by atoms with E-state index in [-0.39, 0.29) is 17.1 Å². The van der Waals surface area contributed by atoms with Crippen molar-refractivity contribution in [3.05, 3.63) is 70.5 Å². The van der Waals surface area contributed by atoms with E-state index in [9.17, 15) is 9.59 Å². The number of aromatic nitrogens is 3. The van der Waals surface area contributed by atoms with Gasteiger partial charge in [0.05, 0.1) is 48.0 Å². The summed E-state index contributed by atoms with van der Waals surface area (Å²) in [5.41, 5.74) is 3.80. The van der Waals surface area contributed by atoms with Gasteiger partial charge < -0.3 is 18.9 Å². The molecule has 2 spiro atoms. The molecule has 6 heterocycles. The van der Waals surface area contributed by atoms with E-state index >= 15 is 0 Å². The summed E-state index contributed by atoms with van der Waals surface area (Å²) in [6.07, 6.45) is 10.3. The van der Waals surface area contributed by atoms with Crippen molar-refractivity contribution in [2.45, 2.75) is 65.1 Å². The Morgan fingerprint density at radius 2 is 1.80 bits per heavy atom. The summed E-state index contributed by atoms with van der Waals surface area (Å²) in [6, 6.07) is 10.3. The molecular formula is C35H41N5O4. The number of nitrogens with zero attached hydrogens (tertiary/aromatic N) is 5. The van der Waals surface area contributed by atoms with Crippen molar-refractivity contribution in [1.29, 1.82) is 0 Å². The van der Waals surface area contributed by atoms with Crippen LogP contribution in [0.2, 0.25) is 0 Å². The summed E-state index contributed by atoms with van der Waals surface area (Å²) in [5, 5.41) is 2.54. The number of ether oxygens (including phenoxy) is 2. The van der Waals surface area contributed by atoms with Crippen molar-refractivity contribution in [2.75, 3.05) is 44.3 Å². The molecule has 4 aliphatic rings. The highest BCUT2D eigenvalue weighted by Gasteiger charge is 2.49. The molecule has 9 nitrogen and oxygen atoms in total. The molecule has 230 valence electrons. The van der Waals surface area contributed by atoms with Crippen molar-refractivity contribution in [3.63, 3.8) is 0 Å². The fraction of sp³-hybridized carbons (Fsp3) is 0.514. The third-order valence-electron chi connectivity index (χ3n) is 10.3. The van der Waals surface area contributed by atoms with Gasteiger partial charge in [-0.05, 0) is 75.8 Å². The fourth-order valence-electron chi connectivity index (χ4n) is 7.79. The monoisotopic (exact) mass is 595 g/mol. The van der Waals surface area contributed by atoms with E-state index in [1.165, 1.54) is 25.7 Å². The molecule has 0 unspecified atom stereocenters. The summed E-state index contributed by atoms with van der Waals surface area (Å²) >= 11 is 0. The van der Waals surface area contributed by atoms with Gasteiger partial charge in [-0.2, -0.15) is 0 Å². The van der Waals surface area contributed by atoms with E-state index in [1.54, 1.807) is 15.3 Å². The molecule has 44 heavy (non-hydrogen) atoms. The van der Waals surface area contributed by atoms with E-state index < -0.39 is 5.60 Å². The number of hydrogen-bond acceptors (Lipinski definition) is 7. The van der Waals surface area contributed by atoms with E-state index in [2.05, 4.69) is 33.0 Å². The van der Waals surface area contributed by atoms with Crippen molar-refractivity contribution in [1.82, 2.24) is 19.0 Å². The van der Waals surface area contributed by atoms with Gasteiger partial charge in [0.2, 0.25) is 0 Å². The number of fused-ring (bicyclic) bond motifs is 2. The van der Waals surface area contributed by atoms with Crippen molar-refractivity contribution < 1.29 is 14.3 Å². The molecule has 9 heteroatoms. The van der Waals surface area contributed by atoms with Crippen LogP contribution in [0.5, 0.6) is 0 Å². The summed E-state index contributed by atoms with van der Waals surface area (Å²) < 4.78 is 14.8. The average molecular weight is 596 g/mol. The lowest BCUT2D eigenvalue weighted by Crippen LogP contribution is -2.66. The molecule has 0 radical (unpaired) electrons. The van der Waals surface area contributed by atoms with Gasteiger partial charge in [0.1, 0.15) is 5.60 Å². The lowest BCUT2D eigenvalue weighted by molar-refractivity contribution is -0.126. The first-order valence-electron chi connectivity index (χ1n) is 16.0. The second-order valence-corrected chi connectivity index (χ2v) is 14.9. The molecule has 3 saturated heterocycles. The van der Waals surface area contributed by atoms with E-state index in [0.717, 1.165) is 79.2 Å². The van der Waals surface area contributed by atoms with Gasteiger partial charge in [-0.3, -0.25) is 14.7 Å². The van der Waals surface area contributed by atoms with Crippen LogP contribution in [0, 0.1) is 10.8 Å². The maximum absolute atomic E-state index is 13.7. The van der Waals surface area contributed by atoms with Gasteiger partial charge in [0.25, 0.3) is 5.56 Å². The van der Waals surface area contributed by atoms with Crippen LogP contribution in [0.15, 0.2) is 53.7 Å². The first kappa shape index (κ1) is 27.8. The first-order chi connectivity index (χ1) is 21.1. The molecule has 1 saturated carbocycles. The van der Waals surface area contributed by atoms with Crippen LogP contribution < -0.4 is 10.5 Å². The van der Waals surface area contributed by atoms with E-state index in [0.29, 0.717) is 17.3 Å². The van der Waals surface area contributed by atoms with Crippen LogP contribution in [0.1, 0.15) is 57.7 Å². The molecule has 0 N–H and O–H groups in total. The number of anilines is 1. The third-order valence-corrected chi connectivity index (χ3v) is 10.3. The fourth-order valence-corrected chi connectivity index (χ4v) is 7.79. The Hall–Kier alpha value is -3.69. The van der Waals surface area contributed by atoms with Gasteiger partial charge >= 0.3 is 6.09 Å². The molecular weight excluding hydrogens is 554 g/mol. The molecule has 3 aliphatic heterocycles. The molecule has 4 aromatic rings. The minimum Gasteiger partial charge on any atom is -0.443 e. The Balaban J connectivity index is 1.10. The van der Waals surface area contributed by atoms with Crippen LogP contribution in [-0.4, -0.2) is 70.1 Å². The third kappa shape index (κ3) is 4.72. The van der Waals surface area contributed by atoms with E-state index in [4.69, 9.17) is 9.47 Å². The summed E-state index contributed by atoms with van der Waals surface area (Å²) in [7, 11) is 0. The van der Waals surface area contributed by atoms with Crippen LogP contribution in [0.4, 0.5) is 10.5 Å². The lowest BCUT2D eigenvalue weighted by Gasteiger charge is -2.56. The molecule has 0 bridgehead atoms. The number of likely N-dealkylation sites (tertiary alicyclic amines) is 1. The Morgan fingerprint density at radius 3 is 2.48 bits per heavy atom. The summed E-state index contributed by atoms with van der Waals surface area (Å²) in [5.74, 6) is 0. The van der Waals surface area contributed by atoms with Crippen molar-refractivity contribution in [3.8, 4) is 0 Å². The Kier molecular flexibility index (Phi) is 6.27. The zero-order valence-corrected chi connectivity index (χ0v) is 26.0. The van der Waals surface area contributed by atoms with Gasteiger partial charge in [-0.1, -0.05) is 18.6 Å². The smallest absolute Gasteiger partial charge is 0.419 e. The SMILES string of the molecule is CC(C)(C)OC(=O)n1c(CN2CCC3(CCC3)C2)cc2ccc(Cn3ccc4c(N5CC6(COC6)C5)cncc4c3=O)cc21. The molecule has 8 rings (SSSR count). The van der Waals surface area contributed by atoms with Crippen LogP contribution in [-0.2, 0) is 22.6 Å². The highest BCUT2D eigenvalue weighted by atomic mass is 16.6. The normalized spacial score (nSPS) is 20.7. The lowest BCUT2D eigenvalue weighted by atomic mass is 9.68. The number of carbonyl (C=O) groups is 1. The molecule has 1 aliphatic carbocycles. The van der Waals surface area contributed by atoms with Crippen LogP contribution in [0.3, 0.4) is 0 Å². The largest absolute Gasteiger partial charge is 0.443 e. The predicted molar refractivity (Wildman–Crippen MR) is 170 cm³/mol. The minimum atomic E-state index is -0.611. The van der Waals surface area contributed by atoms with Crippen LogP contribution >= 0.6 is 0 Å². The number of carbonyl (C=O) groups excluding carboxylic acids is 1. The van der Waals surface area contributed by atoms with Crippen molar-refractivity contribution in [2.24, 2.45) is 10.8 Å². The number of hydrogen-bond donors (Lipinski definition) is 0. The highest BCUT2D eigenvalue weighted by molar-refractivity contribution is 5.93. The molecule has 4 fully saturated rings. The van der Waals surface area contributed by atoms with Gasteiger partial charge in [-0.25, -0.2) is 9.36 Å². The summed E-state index contributed by atoms with van der Waals surface area (Å²) in [6.45, 7) is 12.5. The maximum Gasteiger partial charge on any atom is 0.419 e. The average Bonchev–Trinajstić information content (AvgIpc) is 3.50. The first-order valence-corrected chi connectivity index (χ1v) is 16.0. The predicted octanol–water partition coefficient (Wildman–Crippen LogP) is 5.40. The maximum atomic E-state index is 13.7. The quantitative estimate of drug-likeness (QED) is 0.306. The standard InChI is InChI=1S/C35H41N5O4/c1-33(2,3)44-32(42)40-26(18-37-12-10-34(19-37)8-4-9-34)14-25-6-5-24(13-29(25)40)17-38-11-7-27-28(31(38)41)15-36-16-30(27)39-20-35(21-39)22-43-23-35/h5-7,11,13-16H,4,8-10,12,17-23H2,1-3H3. The zero-order valence-electron chi connectivity index (χ0n) is 26.0. The number of benzene rings is 1. The zero-order chi connectivity index (χ0) is 30.3. The van der Waals surface area contributed by atoms with Gasteiger partial charge in [0, 0.05) is 55.0 Å². The Labute approximate surface area is 257 Å². The van der Waals surface area contributed by atoms with Crippen molar-refractivity contribution >= 4 is 33.5 Å². The van der Waals surface area contributed by atoms with Gasteiger partial charge in [0.15, 0.2) is 0 Å². The van der Waals surface area contributed by atoms with Gasteiger partial charge in [-0.15, -0.1) is 0 Å². The topological polar surface area (TPSA) is 81.8 Å². The number of rotatable bonds is 5. The molecule has 1 aromatic carbocycles. The Morgan fingerprint density at radius 1 is 0.977 bits per heavy atom. The highest BCUT2D eigenvalue weighted by Crippen LogP contribution is 2.48. The molecule has 0 amide bonds. The molecule has 0 atom stereocenters. The minimum absolute atomic E-state index is 0.0682. The summed E-state index contributed by atoms with van der Waals surface area (Å²) in [4.78, 5) is 36.5. The van der Waals surface area contributed by atoms with E-state index in [1.807, 2.05) is 45.3 Å². The second-order valence-electron chi connectivity index (χ2n) is 14.9. The Bertz CT molecular complexity index is 1830. The number of pyridine rings is 2. The molecule has 3 aromatic heterocycles.